The first-order valence-corrected chi connectivity index (χ1v) is 27.2. The summed E-state index contributed by atoms with van der Waals surface area (Å²) in [4.78, 5) is 47.3. The highest BCUT2D eigenvalue weighted by atomic mass is 32.1. The Morgan fingerprint density at radius 1 is 0.636 bits per heavy atom. The summed E-state index contributed by atoms with van der Waals surface area (Å²) in [6.07, 6.45) is 3.38. The predicted octanol–water partition coefficient (Wildman–Crippen LogP) is 15.7. The number of carbonyl (C=O) groups excluding carboxylic acids is 2. The molecule has 0 N–H and O–H groups in total. The van der Waals surface area contributed by atoms with Gasteiger partial charge in [-0.05, 0) is 82.9 Å². The van der Waals surface area contributed by atoms with Gasteiger partial charge >= 0.3 is 5.82 Å². The Morgan fingerprint density at radius 2 is 1.16 bits per heavy atom. The van der Waals surface area contributed by atoms with Crippen molar-refractivity contribution >= 4 is 158 Å². The number of nitriles is 4. The predicted molar refractivity (Wildman–Crippen MR) is 301 cm³/mol. The molecule has 3 aliphatic carbocycles. The second kappa shape index (κ2) is 16.8. The highest BCUT2D eigenvalue weighted by Crippen LogP contribution is 2.61. The van der Waals surface area contributed by atoms with Gasteiger partial charge in [0.2, 0.25) is 11.4 Å². The topological polar surface area (TPSA) is 202 Å². The van der Waals surface area contributed by atoms with E-state index in [-0.39, 0.29) is 72.9 Å². The Bertz CT molecular complexity index is 5010. The van der Waals surface area contributed by atoms with Gasteiger partial charge in [0, 0.05) is 80.7 Å². The first-order chi connectivity index (χ1) is 37.3. The third-order valence-corrected chi connectivity index (χ3v) is 20.0. The van der Waals surface area contributed by atoms with Gasteiger partial charge in [-0.1, -0.05) is 13.8 Å². The van der Waals surface area contributed by atoms with Crippen LogP contribution in [0.1, 0.15) is 77.7 Å². The molecule has 4 aliphatic rings. The van der Waals surface area contributed by atoms with Crippen LogP contribution >= 0.6 is 57.1 Å². The average Bonchev–Trinajstić information content (AvgIpc) is 4.51. The van der Waals surface area contributed by atoms with Gasteiger partial charge in [-0.2, -0.15) is 48.2 Å². The average molecular weight is 1100 g/mol. The van der Waals surface area contributed by atoms with E-state index >= 15 is 0 Å². The molecule has 0 saturated carbocycles. The smallest absolute Gasteiger partial charge is 0.342 e. The monoisotopic (exact) mass is 1100 g/mol. The van der Waals surface area contributed by atoms with E-state index in [0.717, 1.165) is 90.2 Å². The minimum absolute atomic E-state index is 0.0102. The Kier molecular flexibility index (Phi) is 10.2. The van der Waals surface area contributed by atoms with Gasteiger partial charge in [0.05, 0.1) is 85.5 Å². The van der Waals surface area contributed by atoms with Crippen LogP contribution in [0.2, 0.25) is 0 Å². The molecule has 7 heterocycles. The lowest BCUT2D eigenvalue weighted by molar-refractivity contribution is 0.103. The second-order valence-electron chi connectivity index (χ2n) is 18.2. The number of aryl methyl sites for hydroxylation is 1. The van der Waals surface area contributed by atoms with E-state index in [2.05, 4.69) is 49.9 Å². The number of thiophene rings is 4. The van der Waals surface area contributed by atoms with Crippen molar-refractivity contribution in [3.05, 3.63) is 171 Å². The van der Waals surface area contributed by atoms with Crippen LogP contribution in [-0.2, 0) is 23.8 Å². The minimum Gasteiger partial charge on any atom is -0.342 e. The molecule has 6 aromatic heterocycles. The summed E-state index contributed by atoms with van der Waals surface area (Å²) in [5.41, 5.74) is 9.30. The highest BCUT2D eigenvalue weighted by Gasteiger charge is 2.42. The molecule has 0 spiro atoms. The van der Waals surface area contributed by atoms with Crippen LogP contribution in [0.5, 0.6) is 0 Å². The lowest BCUT2D eigenvalue weighted by Crippen LogP contribution is -2.13. The number of nitrogens with zero attached hydrogens (tertiary/aromatic N) is 13. The fourth-order valence-electron chi connectivity index (χ4n) is 10.5. The Labute approximate surface area is 459 Å². The Hall–Kier alpha value is -9.88. The zero-order valence-electron chi connectivity index (χ0n) is 39.4. The van der Waals surface area contributed by atoms with Gasteiger partial charge in [0.1, 0.15) is 53.3 Å². The molecule has 0 fully saturated rings. The van der Waals surface area contributed by atoms with Gasteiger partial charge < -0.3 is 4.57 Å². The summed E-state index contributed by atoms with van der Waals surface area (Å²) in [5, 5.41) is 39.5. The summed E-state index contributed by atoms with van der Waals surface area (Å²) in [6, 6.07) is 21.7. The van der Waals surface area contributed by atoms with Crippen LogP contribution in [0, 0.1) is 71.6 Å². The van der Waals surface area contributed by atoms with Crippen LogP contribution in [0.4, 0.5) is 22.7 Å². The number of hydrogen-bond donors (Lipinski definition) is 0. The molecule has 9 aromatic rings. The SMILES string of the molecule is [C-]#[N+]C([N+]#[C-])=C1/C(=C/c2cc3c(s2)-c2sc(-c4c5c(c(-c6cc7c(s6)c6sc(/C=C8\C(=O)c9cc([N+]#[C-])c(C#N)cc9C8=C(C#N)C#N)cc6n7C)c6nsnc46)N=S=N5)cc2C3(C)C)C(=O)c2cc(C#N)c([N+]#[C-])cc21. The molecular formula is C56H19N13O2S6. The van der Waals surface area contributed by atoms with Crippen molar-refractivity contribution in [2.45, 2.75) is 19.3 Å². The third kappa shape index (κ3) is 6.40. The molecule has 13 rings (SSSR count). The molecule has 0 atom stereocenters. The molecule has 0 bridgehead atoms. The van der Waals surface area contributed by atoms with Gasteiger partial charge in [-0.3, -0.25) is 9.59 Å². The van der Waals surface area contributed by atoms with E-state index in [1.807, 2.05) is 43.5 Å². The van der Waals surface area contributed by atoms with Crippen molar-refractivity contribution in [1.82, 2.24) is 13.3 Å². The number of benzene rings is 3. The standard InChI is InChI=1S/C56H19N13O2S6/c1-56(2)33-12-25(10-32-42(55(63-5)64-6)28-14-35(61-3)23(19-58)9-29(28)49(32)70)72-51(33)52-34(56)16-39(74-52)43-45-47(67-76-65-45)44(48-46(43)66-77-68-48)40-17-38-54(75-40)53-37(69(38)7)13-26(73-53)11-31-41(24(20-59)21-60)27-8-22(18-57)36(62-4)15-30(27)50(31)71/h8-17H,1-2,7H3/b31-11-,32-10-. The first kappa shape index (κ1) is 46.9. The van der Waals surface area contributed by atoms with Crippen molar-refractivity contribution in [3.63, 3.8) is 0 Å². The Morgan fingerprint density at radius 3 is 1.77 bits per heavy atom. The molecular weight excluding hydrogens is 1080 g/mol. The van der Waals surface area contributed by atoms with Crippen LogP contribution in [-0.4, -0.2) is 24.9 Å². The van der Waals surface area contributed by atoms with Crippen LogP contribution in [0.3, 0.4) is 0 Å². The quantitative estimate of drug-likeness (QED) is 0.0940. The first-order valence-electron chi connectivity index (χ1n) is 22.5. The van der Waals surface area contributed by atoms with E-state index in [4.69, 9.17) is 43.8 Å². The van der Waals surface area contributed by atoms with Crippen molar-refractivity contribution in [1.29, 1.82) is 21.0 Å². The number of ketones is 2. The molecule has 15 nitrogen and oxygen atoms in total. The molecule has 21 heteroatoms. The zero-order valence-corrected chi connectivity index (χ0v) is 44.3. The van der Waals surface area contributed by atoms with E-state index < -0.39 is 17.0 Å². The molecule has 0 radical (unpaired) electrons. The fraction of sp³-hybridized carbons (Fsp3) is 0.0714. The molecule has 0 unspecified atom stereocenters. The second-order valence-corrected chi connectivity index (χ2v) is 23.6. The number of Topliss-reactive ketones (excluding diaryl/α,β-unsaturated/α-hetero) is 2. The van der Waals surface area contributed by atoms with Crippen molar-refractivity contribution in [2.75, 3.05) is 0 Å². The highest BCUT2D eigenvalue weighted by molar-refractivity contribution is 7.58. The number of aromatic nitrogens is 3. The summed E-state index contributed by atoms with van der Waals surface area (Å²) in [7, 11) is 1.97. The molecule has 0 amide bonds. The lowest BCUT2D eigenvalue weighted by Gasteiger charge is -2.19. The number of rotatable bonds is 4. The van der Waals surface area contributed by atoms with Gasteiger partial charge in [0.15, 0.2) is 11.6 Å². The summed E-state index contributed by atoms with van der Waals surface area (Å²) >= 11 is 8.37. The van der Waals surface area contributed by atoms with Gasteiger partial charge in [-0.25, -0.2) is 9.69 Å². The minimum atomic E-state index is -0.463. The largest absolute Gasteiger partial charge is 0.527 e. The molecule has 3 aromatic carbocycles. The number of allylic oxidation sites excluding steroid dienone is 5. The Balaban J connectivity index is 0.888. The fourth-order valence-corrected chi connectivity index (χ4v) is 17.0. The maximum atomic E-state index is 14.1. The van der Waals surface area contributed by atoms with E-state index in [1.54, 1.807) is 34.8 Å². The maximum Gasteiger partial charge on any atom is 0.527 e. The van der Waals surface area contributed by atoms with Crippen molar-refractivity contribution in [2.24, 2.45) is 15.8 Å². The summed E-state index contributed by atoms with van der Waals surface area (Å²) in [5.74, 6) is -1.17. The van der Waals surface area contributed by atoms with Gasteiger partial charge in [-0.15, -0.1) is 45.3 Å². The summed E-state index contributed by atoms with van der Waals surface area (Å²) in [6.45, 7) is 35.1. The van der Waals surface area contributed by atoms with Crippen LogP contribution in [0.15, 0.2) is 79.8 Å². The third-order valence-electron chi connectivity index (χ3n) is 14.1. The van der Waals surface area contributed by atoms with E-state index in [0.29, 0.717) is 32.8 Å². The zero-order chi connectivity index (χ0) is 53.5. The lowest BCUT2D eigenvalue weighted by atomic mass is 9.83. The number of carbonyl (C=O) groups is 2. The number of hydrogen-bond acceptors (Lipinski definition) is 15. The van der Waals surface area contributed by atoms with Crippen LogP contribution < -0.4 is 0 Å². The molecule has 0 saturated heterocycles. The molecule has 77 heavy (non-hydrogen) atoms. The number of fused-ring (bicyclic) bond motifs is 10. The maximum absolute atomic E-state index is 14.1. The van der Waals surface area contributed by atoms with Crippen molar-refractivity contribution < 1.29 is 9.59 Å². The van der Waals surface area contributed by atoms with E-state index in [9.17, 15) is 30.6 Å². The van der Waals surface area contributed by atoms with Gasteiger partial charge in [0.25, 0.3) is 0 Å². The van der Waals surface area contributed by atoms with Crippen LogP contribution in [0.25, 0.3) is 105 Å². The molecule has 356 valence electrons. The molecule has 1 aliphatic heterocycles. The summed E-state index contributed by atoms with van der Waals surface area (Å²) < 4.78 is 23.6. The normalized spacial score (nSPS) is 15.1. The van der Waals surface area contributed by atoms with Crippen molar-refractivity contribution in [3.8, 4) is 54.9 Å². The van der Waals surface area contributed by atoms with E-state index in [1.165, 1.54) is 46.9 Å².